The summed E-state index contributed by atoms with van der Waals surface area (Å²) < 4.78 is 6.00. The number of fused-ring (bicyclic) bond motifs is 1. The van der Waals surface area contributed by atoms with Gasteiger partial charge in [0.25, 0.3) is 5.56 Å². The molecule has 18 heavy (non-hydrogen) atoms. The Bertz CT molecular complexity index is 727. The number of aromatic nitrogens is 2. The van der Waals surface area contributed by atoms with Crippen LogP contribution in [0.5, 0.6) is 0 Å². The number of H-pyrrole nitrogens is 1. The number of benzene rings is 1. The normalized spacial score (nSPS) is 10.6. The molecule has 1 heterocycles. The number of carbonyl (C=O) groups excluding carboxylic acids is 1. The van der Waals surface area contributed by atoms with Crippen molar-refractivity contribution in [2.45, 2.75) is 13.5 Å². The van der Waals surface area contributed by atoms with E-state index < -0.39 is 17.2 Å². The summed E-state index contributed by atoms with van der Waals surface area (Å²) in [4.78, 5) is 36.9. The molecule has 0 radical (unpaired) electrons. The van der Waals surface area contributed by atoms with Crippen LogP contribution in [0.3, 0.4) is 0 Å². The molecule has 1 aromatic carbocycles. The Morgan fingerprint density at radius 1 is 1.39 bits per heavy atom. The van der Waals surface area contributed by atoms with Crippen molar-refractivity contribution in [1.82, 2.24) is 9.55 Å². The van der Waals surface area contributed by atoms with Gasteiger partial charge in [-0.2, -0.15) is 0 Å². The molecule has 0 aliphatic heterocycles. The van der Waals surface area contributed by atoms with Crippen molar-refractivity contribution in [2.75, 3.05) is 7.11 Å². The van der Waals surface area contributed by atoms with Crippen molar-refractivity contribution < 1.29 is 9.53 Å². The highest BCUT2D eigenvalue weighted by Gasteiger charge is 2.10. The number of nitrogens with zero attached hydrogens (tertiary/aromatic N) is 1. The molecule has 1 aromatic heterocycles. The lowest BCUT2D eigenvalue weighted by Gasteiger charge is -2.07. The largest absolute Gasteiger partial charge is 0.465 e. The van der Waals surface area contributed by atoms with Gasteiger partial charge >= 0.3 is 11.7 Å². The number of hydrogen-bond donors (Lipinski definition) is 1. The summed E-state index contributed by atoms with van der Waals surface area (Å²) in [5, 5.41) is 0.365. The smallest absolute Gasteiger partial charge is 0.337 e. The van der Waals surface area contributed by atoms with Crippen LogP contribution < -0.4 is 11.2 Å². The number of ether oxygens (including phenoxy) is 1. The molecule has 2 aromatic rings. The molecule has 0 aliphatic carbocycles. The Labute approximate surface area is 102 Å². The van der Waals surface area contributed by atoms with Gasteiger partial charge in [-0.3, -0.25) is 14.3 Å². The van der Waals surface area contributed by atoms with Crippen LogP contribution in [0.25, 0.3) is 10.9 Å². The number of carbonyl (C=O) groups is 1. The summed E-state index contributed by atoms with van der Waals surface area (Å²) in [6.45, 7) is 2.18. The molecular weight excluding hydrogens is 236 g/mol. The fourth-order valence-corrected chi connectivity index (χ4v) is 1.85. The molecule has 0 atom stereocenters. The molecule has 0 saturated heterocycles. The number of aryl methyl sites for hydroxylation is 1. The molecule has 0 aliphatic rings. The number of hydrogen-bond acceptors (Lipinski definition) is 4. The molecular formula is C12H12N2O4. The highest BCUT2D eigenvalue weighted by Crippen LogP contribution is 2.12. The van der Waals surface area contributed by atoms with E-state index in [4.69, 9.17) is 0 Å². The van der Waals surface area contributed by atoms with E-state index in [0.717, 1.165) is 0 Å². The lowest BCUT2D eigenvalue weighted by Crippen LogP contribution is -2.30. The zero-order valence-corrected chi connectivity index (χ0v) is 10.0. The van der Waals surface area contributed by atoms with Gasteiger partial charge in [-0.15, -0.1) is 0 Å². The lowest BCUT2D eigenvalue weighted by molar-refractivity contribution is 0.0601. The monoisotopic (exact) mass is 248 g/mol. The second-order valence-electron chi connectivity index (χ2n) is 3.73. The zero-order valence-electron chi connectivity index (χ0n) is 10.0. The summed E-state index contributed by atoms with van der Waals surface area (Å²) in [5.74, 6) is -0.507. The van der Waals surface area contributed by atoms with Crippen molar-refractivity contribution in [1.29, 1.82) is 0 Å². The lowest BCUT2D eigenvalue weighted by atomic mass is 10.1. The molecule has 0 amide bonds. The molecule has 0 saturated carbocycles. The first-order valence-electron chi connectivity index (χ1n) is 5.43. The van der Waals surface area contributed by atoms with Gasteiger partial charge in [-0.1, -0.05) is 0 Å². The minimum Gasteiger partial charge on any atom is -0.465 e. The molecule has 94 valence electrons. The third-order valence-electron chi connectivity index (χ3n) is 2.74. The van der Waals surface area contributed by atoms with E-state index in [2.05, 4.69) is 9.72 Å². The highest BCUT2D eigenvalue weighted by molar-refractivity contribution is 5.94. The van der Waals surface area contributed by atoms with Crippen LogP contribution in [0, 0.1) is 0 Å². The van der Waals surface area contributed by atoms with Gasteiger partial charge in [0.15, 0.2) is 0 Å². The summed E-state index contributed by atoms with van der Waals surface area (Å²) in [7, 11) is 1.28. The Kier molecular flexibility index (Phi) is 3.01. The Balaban J connectivity index is 2.86. The van der Waals surface area contributed by atoms with Gasteiger partial charge < -0.3 is 4.74 Å². The van der Waals surface area contributed by atoms with Crippen LogP contribution in [-0.2, 0) is 11.3 Å². The minimum atomic E-state index is -0.507. The third kappa shape index (κ3) is 1.81. The van der Waals surface area contributed by atoms with E-state index >= 15 is 0 Å². The van der Waals surface area contributed by atoms with Gasteiger partial charge in [0, 0.05) is 6.54 Å². The molecule has 0 spiro atoms. The maximum Gasteiger partial charge on any atom is 0.337 e. The Morgan fingerprint density at radius 2 is 2.11 bits per heavy atom. The predicted octanol–water partition coefficient (Wildman–Crippen LogP) is 0.496. The standard InChI is InChI=1S/C12H12N2O4/c1-3-14-9-6-7(11(16)18-2)4-5-8(9)10(15)13-12(14)17/h4-6H,3H2,1-2H3,(H,13,15,17). The van der Waals surface area contributed by atoms with E-state index in [-0.39, 0.29) is 0 Å². The van der Waals surface area contributed by atoms with Crippen molar-refractivity contribution in [3.05, 3.63) is 44.6 Å². The Morgan fingerprint density at radius 3 is 2.72 bits per heavy atom. The average molecular weight is 248 g/mol. The van der Waals surface area contributed by atoms with E-state index in [1.165, 1.54) is 29.9 Å². The molecule has 0 fully saturated rings. The number of aromatic amines is 1. The van der Waals surface area contributed by atoms with E-state index in [1.807, 2.05) is 0 Å². The molecule has 0 bridgehead atoms. The topological polar surface area (TPSA) is 81.2 Å². The summed E-state index contributed by atoms with van der Waals surface area (Å²) in [6, 6.07) is 4.49. The first kappa shape index (κ1) is 12.1. The maximum absolute atomic E-state index is 11.6. The maximum atomic E-state index is 11.6. The number of nitrogens with one attached hydrogen (secondary N) is 1. The van der Waals surface area contributed by atoms with E-state index in [1.54, 1.807) is 6.92 Å². The van der Waals surface area contributed by atoms with Crippen LogP contribution in [0.4, 0.5) is 0 Å². The predicted molar refractivity (Wildman–Crippen MR) is 65.8 cm³/mol. The van der Waals surface area contributed by atoms with Crippen LogP contribution in [0.15, 0.2) is 27.8 Å². The highest BCUT2D eigenvalue weighted by atomic mass is 16.5. The first-order chi connectivity index (χ1) is 8.58. The number of esters is 1. The fraction of sp³-hybridized carbons (Fsp3) is 0.250. The molecule has 1 N–H and O–H groups in total. The molecule has 6 nitrogen and oxygen atoms in total. The van der Waals surface area contributed by atoms with Crippen molar-refractivity contribution in [3.8, 4) is 0 Å². The summed E-state index contributed by atoms with van der Waals surface area (Å²) >= 11 is 0. The van der Waals surface area contributed by atoms with Gasteiger partial charge in [-0.05, 0) is 25.1 Å². The second-order valence-corrected chi connectivity index (χ2v) is 3.73. The van der Waals surface area contributed by atoms with Gasteiger partial charge in [-0.25, -0.2) is 9.59 Å². The van der Waals surface area contributed by atoms with Crippen LogP contribution in [0.1, 0.15) is 17.3 Å². The molecule has 2 rings (SSSR count). The number of methoxy groups -OCH3 is 1. The van der Waals surface area contributed by atoms with Crippen LogP contribution in [-0.4, -0.2) is 22.6 Å². The SMILES string of the molecule is CCn1c(=O)[nH]c(=O)c2ccc(C(=O)OC)cc21. The number of rotatable bonds is 2. The van der Waals surface area contributed by atoms with Crippen LogP contribution >= 0.6 is 0 Å². The third-order valence-corrected chi connectivity index (χ3v) is 2.74. The summed E-state index contributed by atoms with van der Waals surface area (Å²) in [5.41, 5.74) is -0.223. The summed E-state index contributed by atoms with van der Waals surface area (Å²) in [6.07, 6.45) is 0. The molecule has 6 heteroatoms. The van der Waals surface area contributed by atoms with E-state index in [0.29, 0.717) is 23.0 Å². The van der Waals surface area contributed by atoms with Crippen molar-refractivity contribution >= 4 is 16.9 Å². The van der Waals surface area contributed by atoms with Gasteiger partial charge in [0.1, 0.15) is 0 Å². The van der Waals surface area contributed by atoms with Crippen molar-refractivity contribution in [2.24, 2.45) is 0 Å². The van der Waals surface area contributed by atoms with Gasteiger partial charge in [0.05, 0.1) is 23.6 Å². The van der Waals surface area contributed by atoms with Crippen LogP contribution in [0.2, 0.25) is 0 Å². The average Bonchev–Trinajstić information content (AvgIpc) is 2.37. The second kappa shape index (κ2) is 4.48. The zero-order chi connectivity index (χ0) is 13.3. The minimum absolute atomic E-state index is 0.303. The Hall–Kier alpha value is -2.37. The van der Waals surface area contributed by atoms with E-state index in [9.17, 15) is 14.4 Å². The molecule has 0 unspecified atom stereocenters. The first-order valence-corrected chi connectivity index (χ1v) is 5.43. The van der Waals surface area contributed by atoms with Crippen molar-refractivity contribution in [3.63, 3.8) is 0 Å². The fourth-order valence-electron chi connectivity index (χ4n) is 1.85. The quantitative estimate of drug-likeness (QED) is 0.784. The van der Waals surface area contributed by atoms with Gasteiger partial charge in [0.2, 0.25) is 0 Å².